The van der Waals surface area contributed by atoms with E-state index in [-0.39, 0.29) is 40.7 Å². The number of aromatic hydroxyl groups is 2. The third-order valence-electron chi connectivity index (χ3n) is 7.29. The quantitative estimate of drug-likeness (QED) is 0.520. The third kappa shape index (κ3) is 5.77. The number of carbonyl (C=O) groups excluding carboxylic acids is 1. The van der Waals surface area contributed by atoms with E-state index in [1.807, 2.05) is 19.2 Å². The van der Waals surface area contributed by atoms with Crippen LogP contribution in [0, 0.1) is 0 Å². The summed E-state index contributed by atoms with van der Waals surface area (Å²) in [6.07, 6.45) is 2.28. The first-order chi connectivity index (χ1) is 17.0. The Kier molecular flexibility index (Phi) is 7.77. The zero-order chi connectivity index (χ0) is 26.0. The highest BCUT2D eigenvalue weighted by Crippen LogP contribution is 2.40. The summed E-state index contributed by atoms with van der Waals surface area (Å²) in [6, 6.07) is 3.06. The molecule has 1 aromatic carbocycles. The molecule has 0 atom stereocenters. The Labute approximate surface area is 208 Å². The Balaban J connectivity index is 1.67. The molecule has 1 saturated heterocycles. The molecule has 0 bridgehead atoms. The first kappa shape index (κ1) is 26.2. The van der Waals surface area contributed by atoms with Gasteiger partial charge in [-0.25, -0.2) is 0 Å². The van der Waals surface area contributed by atoms with Gasteiger partial charge in [0.05, 0.1) is 5.56 Å². The Morgan fingerprint density at radius 3 is 2.28 bits per heavy atom. The molecule has 1 aliphatic heterocycles. The average molecular weight is 510 g/mol. The number of phenolic OH excluding ortho intramolecular Hbond substituents is 2. The molecule has 1 amide bonds. The minimum absolute atomic E-state index is 0.0599. The zero-order valence-electron chi connectivity index (χ0n) is 20.7. The number of likely N-dealkylation sites (tertiary alicyclic amines) is 1. The molecule has 36 heavy (non-hydrogen) atoms. The molecule has 2 aliphatic rings. The van der Waals surface area contributed by atoms with Crippen molar-refractivity contribution in [2.45, 2.75) is 83.0 Å². The van der Waals surface area contributed by atoms with Gasteiger partial charge >= 0.3 is 6.18 Å². The number of halogens is 3. The van der Waals surface area contributed by atoms with Crippen molar-refractivity contribution in [1.29, 1.82) is 0 Å². The zero-order valence-corrected chi connectivity index (χ0v) is 20.7. The van der Waals surface area contributed by atoms with E-state index >= 15 is 0 Å². The number of amides is 1. The van der Waals surface area contributed by atoms with Crippen molar-refractivity contribution >= 4 is 5.91 Å². The van der Waals surface area contributed by atoms with Gasteiger partial charge in [-0.15, -0.1) is 10.2 Å². The molecule has 0 unspecified atom stereocenters. The van der Waals surface area contributed by atoms with Crippen molar-refractivity contribution in [2.75, 3.05) is 19.6 Å². The number of alkyl halides is 3. The Bertz CT molecular complexity index is 1070. The van der Waals surface area contributed by atoms with Gasteiger partial charge in [0.2, 0.25) is 5.82 Å². The monoisotopic (exact) mass is 509 g/mol. The van der Waals surface area contributed by atoms with Crippen molar-refractivity contribution in [3.63, 3.8) is 0 Å². The standard InChI is InChI=1S/C25H34F3N5O3/c1-15(2)18-12-19(21(35)13-20(18)34)22-30-31-23(24(36)29-14-25(26,27)28)33(22)17-8-6-16(7-9-17)32-10-4-3-5-11-32/h12-13,15-17,34-35H,3-11,14H2,1-2H3,(H,29,36). The number of carbonyl (C=O) groups is 1. The van der Waals surface area contributed by atoms with Gasteiger partial charge in [0, 0.05) is 18.2 Å². The molecule has 2 aromatic rings. The maximum absolute atomic E-state index is 12.8. The summed E-state index contributed by atoms with van der Waals surface area (Å²) >= 11 is 0. The Morgan fingerprint density at radius 2 is 1.67 bits per heavy atom. The second-order valence-corrected chi connectivity index (χ2v) is 10.2. The van der Waals surface area contributed by atoms with Crippen LogP contribution < -0.4 is 5.32 Å². The fraction of sp³-hybridized carbons (Fsp3) is 0.640. The van der Waals surface area contributed by atoms with Crippen LogP contribution in [0.25, 0.3) is 11.4 Å². The maximum atomic E-state index is 12.8. The van der Waals surface area contributed by atoms with E-state index in [0.29, 0.717) is 24.4 Å². The number of rotatable bonds is 6. The SMILES string of the molecule is CC(C)c1cc(-c2nnc(C(=O)NCC(F)(F)F)n2C2CCC(N3CCCCC3)CC2)c(O)cc1O. The highest BCUT2D eigenvalue weighted by Gasteiger charge is 2.34. The van der Waals surface area contributed by atoms with Crippen molar-refractivity contribution in [2.24, 2.45) is 0 Å². The molecule has 2 fully saturated rings. The summed E-state index contributed by atoms with van der Waals surface area (Å²) in [7, 11) is 0. The van der Waals surface area contributed by atoms with Gasteiger partial charge in [-0.3, -0.25) is 9.36 Å². The fourth-order valence-corrected chi connectivity index (χ4v) is 5.44. The minimum Gasteiger partial charge on any atom is -0.508 e. The summed E-state index contributed by atoms with van der Waals surface area (Å²) in [5.74, 6) is -1.35. The van der Waals surface area contributed by atoms with Gasteiger partial charge in [0.25, 0.3) is 5.91 Å². The predicted octanol–water partition coefficient (Wildman–Crippen LogP) is 4.74. The molecule has 11 heteroatoms. The van der Waals surface area contributed by atoms with E-state index in [2.05, 4.69) is 15.1 Å². The van der Waals surface area contributed by atoms with Crippen LogP contribution in [0.3, 0.4) is 0 Å². The topological polar surface area (TPSA) is 104 Å². The van der Waals surface area contributed by atoms with E-state index in [4.69, 9.17) is 0 Å². The van der Waals surface area contributed by atoms with Gasteiger partial charge in [0.15, 0.2) is 5.82 Å². The molecule has 198 valence electrons. The second-order valence-electron chi connectivity index (χ2n) is 10.2. The number of phenols is 2. The number of hydrogen-bond acceptors (Lipinski definition) is 6. The largest absolute Gasteiger partial charge is 0.508 e. The lowest BCUT2D eigenvalue weighted by molar-refractivity contribution is -0.123. The number of piperidine rings is 1. The van der Waals surface area contributed by atoms with Crippen LogP contribution in [0.1, 0.15) is 86.9 Å². The van der Waals surface area contributed by atoms with Gasteiger partial charge in [-0.05, 0) is 69.2 Å². The van der Waals surface area contributed by atoms with E-state index in [0.717, 1.165) is 25.9 Å². The normalized spacial score (nSPS) is 21.6. The molecule has 8 nitrogen and oxygen atoms in total. The van der Waals surface area contributed by atoms with Crippen molar-refractivity contribution in [3.8, 4) is 22.9 Å². The van der Waals surface area contributed by atoms with Crippen LogP contribution in [-0.2, 0) is 0 Å². The van der Waals surface area contributed by atoms with Crippen LogP contribution in [-0.4, -0.2) is 67.6 Å². The summed E-state index contributed by atoms with van der Waals surface area (Å²) in [4.78, 5) is 15.3. The minimum atomic E-state index is -4.56. The molecular weight excluding hydrogens is 475 g/mol. The first-order valence-electron chi connectivity index (χ1n) is 12.6. The van der Waals surface area contributed by atoms with Crippen LogP contribution in [0.15, 0.2) is 12.1 Å². The summed E-state index contributed by atoms with van der Waals surface area (Å²) in [5.41, 5.74) is 0.853. The molecule has 2 heterocycles. The van der Waals surface area contributed by atoms with Crippen molar-refractivity contribution in [3.05, 3.63) is 23.5 Å². The molecule has 1 saturated carbocycles. The first-order valence-corrected chi connectivity index (χ1v) is 12.6. The van der Waals surface area contributed by atoms with Crippen LogP contribution in [0.2, 0.25) is 0 Å². The van der Waals surface area contributed by atoms with E-state index < -0.39 is 18.6 Å². The Hall–Kier alpha value is -2.82. The van der Waals surface area contributed by atoms with Crippen LogP contribution >= 0.6 is 0 Å². The van der Waals surface area contributed by atoms with Crippen molar-refractivity contribution < 1.29 is 28.2 Å². The summed E-state index contributed by atoms with van der Waals surface area (Å²) in [5, 5.41) is 30.9. The van der Waals surface area contributed by atoms with Gasteiger partial charge < -0.3 is 20.4 Å². The third-order valence-corrected chi connectivity index (χ3v) is 7.29. The number of hydrogen-bond donors (Lipinski definition) is 3. The van der Waals surface area contributed by atoms with Gasteiger partial charge in [-0.2, -0.15) is 13.2 Å². The molecule has 1 aliphatic carbocycles. The van der Waals surface area contributed by atoms with E-state index in [1.54, 1.807) is 10.6 Å². The number of nitrogens with one attached hydrogen (secondary N) is 1. The van der Waals surface area contributed by atoms with Crippen molar-refractivity contribution in [1.82, 2.24) is 25.0 Å². The Morgan fingerprint density at radius 1 is 1.03 bits per heavy atom. The van der Waals surface area contributed by atoms with E-state index in [9.17, 15) is 28.2 Å². The number of aromatic nitrogens is 3. The predicted molar refractivity (Wildman–Crippen MR) is 128 cm³/mol. The molecule has 0 spiro atoms. The van der Waals surface area contributed by atoms with Crippen LogP contribution in [0.5, 0.6) is 11.5 Å². The lowest BCUT2D eigenvalue weighted by atomic mass is 9.88. The fourth-order valence-electron chi connectivity index (χ4n) is 5.44. The lowest BCUT2D eigenvalue weighted by Gasteiger charge is -2.39. The summed E-state index contributed by atoms with van der Waals surface area (Å²) < 4.78 is 39.9. The van der Waals surface area contributed by atoms with E-state index in [1.165, 1.54) is 25.3 Å². The molecule has 0 radical (unpaired) electrons. The molecule has 1 aromatic heterocycles. The number of benzene rings is 1. The smallest absolute Gasteiger partial charge is 0.405 e. The maximum Gasteiger partial charge on any atom is 0.405 e. The highest BCUT2D eigenvalue weighted by atomic mass is 19.4. The second kappa shape index (κ2) is 10.7. The van der Waals surface area contributed by atoms with Gasteiger partial charge in [0.1, 0.15) is 18.0 Å². The lowest BCUT2D eigenvalue weighted by Crippen LogP contribution is -2.42. The molecule has 3 N–H and O–H groups in total. The average Bonchev–Trinajstić information content (AvgIpc) is 3.27. The molecule has 4 rings (SSSR count). The number of nitrogens with zero attached hydrogens (tertiary/aromatic N) is 4. The van der Waals surface area contributed by atoms with Gasteiger partial charge in [-0.1, -0.05) is 20.3 Å². The highest BCUT2D eigenvalue weighted by molar-refractivity contribution is 5.91. The van der Waals surface area contributed by atoms with Crippen LogP contribution in [0.4, 0.5) is 13.2 Å². The molecular formula is C25H34F3N5O3. The summed E-state index contributed by atoms with van der Waals surface area (Å²) in [6.45, 7) is 4.46.